The Labute approximate surface area is 144 Å². The Hall–Kier alpha value is -2.93. The van der Waals surface area contributed by atoms with Crippen molar-refractivity contribution in [2.75, 3.05) is 11.9 Å². The van der Waals surface area contributed by atoms with E-state index in [2.05, 4.69) is 33.0 Å². The van der Waals surface area contributed by atoms with Gasteiger partial charge in [-0.2, -0.15) is 0 Å². The fourth-order valence-electron chi connectivity index (χ4n) is 3.04. The van der Waals surface area contributed by atoms with Crippen LogP contribution < -0.4 is 10.6 Å². The Morgan fingerprint density at radius 1 is 1.12 bits per heavy atom. The second-order valence-electron chi connectivity index (χ2n) is 6.09. The molecule has 0 radical (unpaired) electrons. The number of carbonyl (C=O) groups excluding carboxylic acids is 1. The molecule has 2 aromatic heterocycles. The maximum atomic E-state index is 12.2. The smallest absolute Gasteiger partial charge is 0.322 e. The number of amides is 1. The van der Waals surface area contributed by atoms with E-state index < -0.39 is 0 Å². The lowest BCUT2D eigenvalue weighted by molar-refractivity contribution is -0.116. The van der Waals surface area contributed by atoms with Gasteiger partial charge in [0.1, 0.15) is 0 Å². The summed E-state index contributed by atoms with van der Waals surface area (Å²) in [6, 6.07) is 13.7. The zero-order valence-corrected chi connectivity index (χ0v) is 13.6. The Balaban J connectivity index is 1.36. The van der Waals surface area contributed by atoms with E-state index in [1.54, 1.807) is 12.1 Å². The van der Waals surface area contributed by atoms with Gasteiger partial charge in [0.15, 0.2) is 5.76 Å². The van der Waals surface area contributed by atoms with Gasteiger partial charge in [0.2, 0.25) is 5.91 Å². The van der Waals surface area contributed by atoms with Gasteiger partial charge >= 0.3 is 6.01 Å². The molecule has 0 unspecified atom stereocenters. The van der Waals surface area contributed by atoms with Crippen molar-refractivity contribution in [2.24, 2.45) is 0 Å². The van der Waals surface area contributed by atoms with E-state index in [0.29, 0.717) is 5.76 Å². The van der Waals surface area contributed by atoms with E-state index in [-0.39, 0.29) is 29.9 Å². The summed E-state index contributed by atoms with van der Waals surface area (Å²) >= 11 is 0. The van der Waals surface area contributed by atoms with Crippen molar-refractivity contribution in [1.82, 2.24) is 15.5 Å². The predicted molar refractivity (Wildman–Crippen MR) is 90.6 cm³/mol. The van der Waals surface area contributed by atoms with Gasteiger partial charge in [0, 0.05) is 5.54 Å². The first kappa shape index (κ1) is 15.6. The lowest BCUT2D eigenvalue weighted by Gasteiger charge is -2.43. The number of rotatable bonds is 6. The molecule has 1 aliphatic carbocycles. The van der Waals surface area contributed by atoms with Crippen molar-refractivity contribution in [3.63, 3.8) is 0 Å². The number of hydrogen-bond acceptors (Lipinski definition) is 6. The lowest BCUT2D eigenvalue weighted by Crippen LogP contribution is -2.50. The van der Waals surface area contributed by atoms with Gasteiger partial charge in [-0.3, -0.25) is 15.4 Å². The van der Waals surface area contributed by atoms with Crippen LogP contribution in [0.4, 0.5) is 6.01 Å². The van der Waals surface area contributed by atoms with Crippen LogP contribution in [0, 0.1) is 0 Å². The summed E-state index contributed by atoms with van der Waals surface area (Å²) in [6.45, 7) is 0.174. The molecule has 4 rings (SSSR count). The number of anilines is 1. The molecule has 1 fully saturated rings. The van der Waals surface area contributed by atoms with Crippen LogP contribution in [0.5, 0.6) is 0 Å². The quantitative estimate of drug-likeness (QED) is 0.718. The van der Waals surface area contributed by atoms with Crippen molar-refractivity contribution in [3.8, 4) is 11.7 Å². The van der Waals surface area contributed by atoms with Gasteiger partial charge in [-0.05, 0) is 37.0 Å². The highest BCUT2D eigenvalue weighted by molar-refractivity contribution is 5.90. The molecule has 2 N–H and O–H groups in total. The predicted octanol–water partition coefficient (Wildman–Crippen LogP) is 2.94. The summed E-state index contributed by atoms with van der Waals surface area (Å²) in [6.07, 6.45) is 4.71. The standard InChI is InChI=1S/C18H18N4O3/c23-15(20-17-22-21-16(25-17)14-8-4-11-24-14)12-19-18(9-5-10-18)13-6-2-1-3-7-13/h1-4,6-8,11,19H,5,9-10,12H2,(H,20,22,23). The van der Waals surface area contributed by atoms with E-state index in [1.165, 1.54) is 11.8 Å². The van der Waals surface area contributed by atoms with Gasteiger partial charge in [0.05, 0.1) is 12.8 Å². The molecule has 1 saturated carbocycles. The third-order valence-corrected chi connectivity index (χ3v) is 4.52. The molecule has 0 aliphatic heterocycles. The molecule has 3 aromatic rings. The molecule has 2 heterocycles. The van der Waals surface area contributed by atoms with Crippen molar-refractivity contribution < 1.29 is 13.6 Å². The number of nitrogens with zero attached hydrogens (tertiary/aromatic N) is 2. The minimum atomic E-state index is -0.225. The molecule has 1 aromatic carbocycles. The fraction of sp³-hybridized carbons (Fsp3) is 0.278. The van der Waals surface area contributed by atoms with Crippen LogP contribution in [-0.4, -0.2) is 22.6 Å². The Bertz CT molecular complexity index is 838. The second kappa shape index (κ2) is 6.52. The largest absolute Gasteiger partial charge is 0.459 e. The Kier molecular flexibility index (Phi) is 4.07. The van der Waals surface area contributed by atoms with E-state index in [1.807, 2.05) is 18.2 Å². The molecule has 1 aliphatic rings. The molecule has 25 heavy (non-hydrogen) atoms. The average molecular weight is 338 g/mol. The van der Waals surface area contributed by atoms with E-state index in [0.717, 1.165) is 19.3 Å². The van der Waals surface area contributed by atoms with Crippen LogP contribution in [0.2, 0.25) is 0 Å². The number of nitrogens with one attached hydrogen (secondary N) is 2. The van der Waals surface area contributed by atoms with Crippen molar-refractivity contribution >= 4 is 11.9 Å². The van der Waals surface area contributed by atoms with E-state index >= 15 is 0 Å². The Morgan fingerprint density at radius 2 is 1.96 bits per heavy atom. The number of carbonyl (C=O) groups is 1. The molecule has 0 bridgehead atoms. The van der Waals surface area contributed by atoms with E-state index in [4.69, 9.17) is 8.83 Å². The highest BCUT2D eigenvalue weighted by atomic mass is 16.4. The van der Waals surface area contributed by atoms with Gasteiger partial charge in [0.25, 0.3) is 5.89 Å². The van der Waals surface area contributed by atoms with Gasteiger partial charge in [-0.15, -0.1) is 5.10 Å². The second-order valence-corrected chi connectivity index (χ2v) is 6.09. The minimum Gasteiger partial charge on any atom is -0.459 e. The summed E-state index contributed by atoms with van der Waals surface area (Å²) in [4.78, 5) is 12.2. The van der Waals surface area contributed by atoms with Crippen molar-refractivity contribution in [3.05, 3.63) is 54.3 Å². The van der Waals surface area contributed by atoms with Crippen LogP contribution in [0.25, 0.3) is 11.7 Å². The van der Waals surface area contributed by atoms with Gasteiger partial charge in [-0.25, -0.2) is 0 Å². The van der Waals surface area contributed by atoms with Crippen LogP contribution in [0.1, 0.15) is 24.8 Å². The molecule has 128 valence electrons. The summed E-state index contributed by atoms with van der Waals surface area (Å²) < 4.78 is 10.6. The minimum absolute atomic E-state index is 0.0561. The lowest BCUT2D eigenvalue weighted by atomic mass is 9.72. The average Bonchev–Trinajstić information content (AvgIpc) is 3.26. The first-order valence-corrected chi connectivity index (χ1v) is 8.23. The van der Waals surface area contributed by atoms with Crippen LogP contribution in [0.15, 0.2) is 57.6 Å². The van der Waals surface area contributed by atoms with Crippen LogP contribution in [-0.2, 0) is 10.3 Å². The monoisotopic (exact) mass is 338 g/mol. The molecule has 0 spiro atoms. The topological polar surface area (TPSA) is 93.2 Å². The first-order chi connectivity index (χ1) is 12.3. The molecule has 1 amide bonds. The normalized spacial score (nSPS) is 15.5. The maximum absolute atomic E-state index is 12.2. The Morgan fingerprint density at radius 3 is 2.64 bits per heavy atom. The van der Waals surface area contributed by atoms with Crippen molar-refractivity contribution in [1.29, 1.82) is 0 Å². The number of aromatic nitrogens is 2. The summed E-state index contributed by atoms with van der Waals surface area (Å²) in [5.41, 5.74) is 1.10. The molecular formula is C18H18N4O3. The molecule has 7 heteroatoms. The fourth-order valence-corrected chi connectivity index (χ4v) is 3.04. The maximum Gasteiger partial charge on any atom is 0.322 e. The van der Waals surface area contributed by atoms with Crippen LogP contribution >= 0.6 is 0 Å². The van der Waals surface area contributed by atoms with E-state index in [9.17, 15) is 4.79 Å². The van der Waals surface area contributed by atoms with Gasteiger partial charge in [-0.1, -0.05) is 35.4 Å². The van der Waals surface area contributed by atoms with Crippen LogP contribution in [0.3, 0.4) is 0 Å². The summed E-state index contributed by atoms with van der Waals surface area (Å²) in [5.74, 6) is 0.466. The summed E-state index contributed by atoms with van der Waals surface area (Å²) in [5, 5.41) is 13.7. The zero-order valence-electron chi connectivity index (χ0n) is 13.6. The molecule has 0 saturated heterocycles. The molecule has 0 atom stereocenters. The highest BCUT2D eigenvalue weighted by Gasteiger charge is 2.38. The number of furan rings is 1. The number of hydrogen-bond donors (Lipinski definition) is 2. The summed E-state index contributed by atoms with van der Waals surface area (Å²) in [7, 11) is 0. The van der Waals surface area contributed by atoms with Crippen molar-refractivity contribution in [2.45, 2.75) is 24.8 Å². The number of benzene rings is 1. The zero-order chi connectivity index (χ0) is 17.1. The molecular weight excluding hydrogens is 320 g/mol. The SMILES string of the molecule is O=C(CNC1(c2ccccc2)CCC1)Nc1nnc(-c2ccco2)o1. The van der Waals surface area contributed by atoms with Gasteiger partial charge < -0.3 is 8.83 Å². The highest BCUT2D eigenvalue weighted by Crippen LogP contribution is 2.40. The third-order valence-electron chi connectivity index (χ3n) is 4.52. The molecule has 7 nitrogen and oxygen atoms in total. The third kappa shape index (κ3) is 3.18. The first-order valence-electron chi connectivity index (χ1n) is 8.23.